The van der Waals surface area contributed by atoms with Crippen molar-refractivity contribution in [3.05, 3.63) is 102 Å². The number of rotatable bonds is 12. The molecular formula is C36H42N4O8S. The maximum absolute atomic E-state index is 14.0. The average molecular weight is 691 g/mol. The highest BCUT2D eigenvalue weighted by Gasteiger charge is 2.51. The summed E-state index contributed by atoms with van der Waals surface area (Å²) in [5, 5.41) is 12.6. The molecule has 2 saturated heterocycles. The number of para-hydroxylation sites is 1. The number of aliphatic hydroxyl groups is 1. The summed E-state index contributed by atoms with van der Waals surface area (Å²) in [6.07, 6.45) is 2.36. The number of hydrogen-bond acceptors (Lipinski definition) is 9. The molecule has 3 aromatic carbocycles. The van der Waals surface area contributed by atoms with E-state index in [1.165, 1.54) is 19.2 Å². The number of nitrogens with zero attached hydrogens (tertiary/aromatic N) is 3. The Bertz CT molecular complexity index is 1730. The second-order valence-electron chi connectivity index (χ2n) is 12.3. The average Bonchev–Trinajstić information content (AvgIpc) is 3.46. The van der Waals surface area contributed by atoms with Gasteiger partial charge in [-0.1, -0.05) is 48.5 Å². The van der Waals surface area contributed by atoms with Crippen molar-refractivity contribution in [2.24, 2.45) is 0 Å². The normalized spacial score (nSPS) is 20.6. The van der Waals surface area contributed by atoms with Gasteiger partial charge in [0.2, 0.25) is 22.2 Å². The zero-order chi connectivity index (χ0) is 34.4. The lowest BCUT2D eigenvalue weighted by Crippen LogP contribution is -2.57. The fourth-order valence-electron chi connectivity index (χ4n) is 6.76. The van der Waals surface area contributed by atoms with Gasteiger partial charge >= 0.3 is 0 Å². The maximum atomic E-state index is 14.0. The summed E-state index contributed by atoms with van der Waals surface area (Å²) in [4.78, 5) is 31.0. The lowest BCUT2D eigenvalue weighted by Gasteiger charge is -2.43. The van der Waals surface area contributed by atoms with Crippen molar-refractivity contribution in [3.63, 3.8) is 0 Å². The van der Waals surface area contributed by atoms with E-state index in [9.17, 15) is 23.1 Å². The first-order valence-corrected chi connectivity index (χ1v) is 17.9. The minimum absolute atomic E-state index is 0.0281. The minimum Gasteiger partial charge on any atom is -0.497 e. The van der Waals surface area contributed by atoms with Gasteiger partial charge in [0.05, 0.1) is 31.9 Å². The lowest BCUT2D eigenvalue weighted by atomic mass is 9.85. The summed E-state index contributed by atoms with van der Waals surface area (Å²) in [5.74, 6) is 0.200. The fraction of sp³-hybridized carbons (Fsp3) is 0.389. The number of piperidine rings is 1. The van der Waals surface area contributed by atoms with E-state index in [0.29, 0.717) is 44.8 Å². The highest BCUT2D eigenvalue weighted by atomic mass is 32.2. The number of benzene rings is 3. The van der Waals surface area contributed by atoms with E-state index in [0.717, 1.165) is 15.6 Å². The van der Waals surface area contributed by atoms with E-state index in [1.54, 1.807) is 17.0 Å². The summed E-state index contributed by atoms with van der Waals surface area (Å²) in [6.45, 7) is 0.615. The zero-order valence-electron chi connectivity index (χ0n) is 27.4. The Labute approximate surface area is 286 Å². The number of anilines is 1. The number of aliphatic hydroxyl groups excluding tert-OH is 1. The van der Waals surface area contributed by atoms with E-state index >= 15 is 0 Å². The van der Waals surface area contributed by atoms with Crippen molar-refractivity contribution >= 4 is 27.5 Å². The molecule has 0 saturated carbocycles. The molecule has 3 aliphatic rings. The predicted octanol–water partition coefficient (Wildman–Crippen LogP) is 3.06. The molecule has 2 amide bonds. The van der Waals surface area contributed by atoms with Crippen LogP contribution in [0.15, 0.2) is 102 Å². The number of likely N-dealkylation sites (tertiary alicyclic amines) is 1. The molecule has 3 aromatic rings. The molecule has 6 rings (SSSR count). The van der Waals surface area contributed by atoms with E-state index in [-0.39, 0.29) is 54.7 Å². The summed E-state index contributed by atoms with van der Waals surface area (Å²) in [7, 11) is -2.43. The van der Waals surface area contributed by atoms with Crippen LogP contribution in [0.25, 0.3) is 0 Å². The molecule has 0 aromatic heterocycles. The minimum atomic E-state index is -3.93. The van der Waals surface area contributed by atoms with Crippen LogP contribution in [0.1, 0.15) is 30.7 Å². The smallest absolute Gasteiger partial charge is 0.288 e. The van der Waals surface area contributed by atoms with Gasteiger partial charge in [-0.15, -0.1) is 0 Å². The van der Waals surface area contributed by atoms with Crippen molar-refractivity contribution in [1.82, 2.24) is 14.5 Å². The first kappa shape index (κ1) is 34.4. The Morgan fingerprint density at radius 1 is 1.00 bits per heavy atom. The van der Waals surface area contributed by atoms with Gasteiger partial charge in [-0.25, -0.2) is 8.42 Å². The van der Waals surface area contributed by atoms with Crippen molar-refractivity contribution in [2.75, 3.05) is 58.1 Å². The number of methoxy groups -OCH3 is 1. The quantitative estimate of drug-likeness (QED) is 0.294. The van der Waals surface area contributed by atoms with Crippen LogP contribution < -0.4 is 15.0 Å². The Hall–Kier alpha value is -4.43. The zero-order valence-corrected chi connectivity index (χ0v) is 28.3. The lowest BCUT2D eigenvalue weighted by molar-refractivity contribution is -0.154. The second-order valence-corrected chi connectivity index (χ2v) is 14.2. The third kappa shape index (κ3) is 7.30. The monoisotopic (exact) mass is 690 g/mol. The summed E-state index contributed by atoms with van der Waals surface area (Å²) < 4.78 is 45.3. The summed E-state index contributed by atoms with van der Waals surface area (Å²) in [5.41, 5.74) is 1.22. The van der Waals surface area contributed by atoms with Crippen molar-refractivity contribution in [2.45, 2.75) is 41.9 Å². The van der Waals surface area contributed by atoms with Gasteiger partial charge < -0.3 is 34.4 Å². The number of sulfonamides is 1. The summed E-state index contributed by atoms with van der Waals surface area (Å²) >= 11 is 0. The van der Waals surface area contributed by atoms with Crippen molar-refractivity contribution in [1.29, 1.82) is 0 Å². The number of carbonyl (C=O) groups excluding carboxylic acids is 2. The van der Waals surface area contributed by atoms with Gasteiger partial charge in [0.15, 0.2) is 5.76 Å². The molecule has 3 aliphatic heterocycles. The van der Waals surface area contributed by atoms with Crippen LogP contribution in [-0.2, 0) is 29.1 Å². The Morgan fingerprint density at radius 2 is 1.67 bits per heavy atom. The van der Waals surface area contributed by atoms with Crippen LogP contribution in [0.3, 0.4) is 0 Å². The highest BCUT2D eigenvalue weighted by molar-refractivity contribution is 7.89. The molecule has 0 unspecified atom stereocenters. The fourth-order valence-corrected chi connectivity index (χ4v) is 8.17. The number of nitrogens with one attached hydrogen (secondary N) is 1. The van der Waals surface area contributed by atoms with Gasteiger partial charge in [0.1, 0.15) is 11.3 Å². The first-order chi connectivity index (χ1) is 23.7. The largest absolute Gasteiger partial charge is 0.497 e. The molecule has 12 nitrogen and oxygen atoms in total. The third-order valence-electron chi connectivity index (χ3n) is 9.47. The van der Waals surface area contributed by atoms with Crippen LogP contribution in [0.2, 0.25) is 0 Å². The first-order valence-electron chi connectivity index (χ1n) is 16.5. The van der Waals surface area contributed by atoms with Gasteiger partial charge in [-0.2, -0.15) is 4.31 Å². The predicted molar refractivity (Wildman–Crippen MR) is 182 cm³/mol. The molecule has 1 spiro atoms. The van der Waals surface area contributed by atoms with E-state index in [1.807, 2.05) is 66.7 Å². The number of amides is 2. The molecule has 2 atom stereocenters. The van der Waals surface area contributed by atoms with Crippen LogP contribution in [0, 0.1) is 0 Å². The third-order valence-corrected chi connectivity index (χ3v) is 11.4. The van der Waals surface area contributed by atoms with Gasteiger partial charge in [0, 0.05) is 44.2 Å². The molecule has 0 radical (unpaired) electrons. The molecule has 2 fully saturated rings. The van der Waals surface area contributed by atoms with Gasteiger partial charge in [0.25, 0.3) is 5.91 Å². The second kappa shape index (κ2) is 15.0. The Kier molecular flexibility index (Phi) is 10.5. The molecule has 0 bridgehead atoms. The van der Waals surface area contributed by atoms with Crippen LogP contribution in [0.5, 0.6) is 5.75 Å². The molecule has 13 heteroatoms. The number of hydrogen-bond donors (Lipinski definition) is 2. The topological polar surface area (TPSA) is 138 Å². The SMILES string of the molecule is COc1ccc(S(=O)(=O)N(CCO)CCO[C@H]2C[C@@H](c3ccccc3)C=C(C(=O)N3CCC4(CC3)C(=O)NCN4c3ccccc3)O2)cc1. The van der Waals surface area contributed by atoms with Gasteiger partial charge in [-0.3, -0.25) is 9.59 Å². The summed E-state index contributed by atoms with van der Waals surface area (Å²) in [6, 6.07) is 25.6. The number of ether oxygens (including phenoxy) is 3. The van der Waals surface area contributed by atoms with Crippen molar-refractivity contribution < 1.29 is 37.3 Å². The molecule has 3 heterocycles. The van der Waals surface area contributed by atoms with Crippen LogP contribution >= 0.6 is 0 Å². The van der Waals surface area contributed by atoms with E-state index in [2.05, 4.69) is 10.2 Å². The standard InChI is InChI=1S/C36H42N4O8S/c1-46-30-12-14-31(15-13-30)49(44,45)39(20-22-41)21-23-47-33-25-28(27-8-4-2-5-9-27)24-32(48-33)34(42)38-18-16-36(17-19-38)35(43)37-26-40(36)29-10-6-3-7-11-29/h2-15,24,28,33,41H,16-23,25-26H2,1H3,(H,37,43)/t28-,33+/m0/s1. The molecule has 2 N–H and O–H groups in total. The van der Waals surface area contributed by atoms with Crippen LogP contribution in [-0.4, -0.2) is 99.5 Å². The molecular weight excluding hydrogens is 648 g/mol. The van der Waals surface area contributed by atoms with Crippen molar-refractivity contribution in [3.8, 4) is 5.75 Å². The Balaban J connectivity index is 1.13. The maximum Gasteiger partial charge on any atom is 0.288 e. The Morgan fingerprint density at radius 3 is 2.33 bits per heavy atom. The number of carbonyl (C=O) groups is 2. The van der Waals surface area contributed by atoms with Crippen LogP contribution in [0.4, 0.5) is 5.69 Å². The number of allylic oxidation sites excluding steroid dienone is 1. The molecule has 260 valence electrons. The van der Waals surface area contributed by atoms with Gasteiger partial charge in [-0.05, 0) is 60.9 Å². The van der Waals surface area contributed by atoms with E-state index < -0.39 is 21.9 Å². The molecule has 49 heavy (non-hydrogen) atoms. The highest BCUT2D eigenvalue weighted by Crippen LogP contribution is 2.38. The van der Waals surface area contributed by atoms with E-state index in [4.69, 9.17) is 14.2 Å². The molecule has 0 aliphatic carbocycles.